The molecule has 23 heteroatoms. The molecule has 5 amide bonds. The van der Waals surface area contributed by atoms with Gasteiger partial charge in [0.15, 0.2) is 5.13 Å². The maximum atomic E-state index is 14.4. The van der Waals surface area contributed by atoms with Gasteiger partial charge in [-0.1, -0.05) is 53.2 Å². The van der Waals surface area contributed by atoms with Gasteiger partial charge in [-0.05, 0) is 142 Å². The Morgan fingerprint density at radius 1 is 0.724 bits per heavy atom. The Morgan fingerprint density at radius 3 is 2.10 bits per heavy atom. The number of piperazine rings is 1. The second-order valence-corrected chi connectivity index (χ2v) is 23.8. The van der Waals surface area contributed by atoms with Crippen LogP contribution >= 0.6 is 22.9 Å². The Hall–Kier alpha value is -7.18. The number of amides is 5. The maximum Gasteiger partial charge on any atom is 0.325 e. The number of urea groups is 1. The predicted molar refractivity (Wildman–Crippen MR) is 334 cm³/mol. The fourth-order valence-corrected chi connectivity index (χ4v) is 11.7. The Kier molecular flexibility index (Phi) is 24.2. The number of nitrogens with one attached hydrogen (secondary N) is 3. The summed E-state index contributed by atoms with van der Waals surface area (Å²) in [6.45, 7) is 9.74. The van der Waals surface area contributed by atoms with Gasteiger partial charge >= 0.3 is 6.03 Å². The third-order valence-electron chi connectivity index (χ3n) is 16.0. The molecule has 466 valence electrons. The van der Waals surface area contributed by atoms with Crippen molar-refractivity contribution in [1.29, 1.82) is 0 Å². The van der Waals surface area contributed by atoms with Crippen LogP contribution in [0.1, 0.15) is 72.6 Å². The van der Waals surface area contributed by atoms with Gasteiger partial charge in [-0.3, -0.25) is 19.7 Å². The summed E-state index contributed by atoms with van der Waals surface area (Å²) in [4.78, 5) is 66.5. The Morgan fingerprint density at radius 2 is 1.39 bits per heavy atom. The Labute approximate surface area is 518 Å². The van der Waals surface area contributed by atoms with Gasteiger partial charge in [0.05, 0.1) is 77.7 Å². The van der Waals surface area contributed by atoms with E-state index in [1.165, 1.54) is 11.3 Å². The highest BCUT2D eigenvalue weighted by Gasteiger charge is 2.63. The average molecular weight is 1230 g/mol. The van der Waals surface area contributed by atoms with Crippen molar-refractivity contribution in [2.24, 2.45) is 5.92 Å². The molecule has 3 saturated carbocycles. The second-order valence-electron chi connectivity index (χ2n) is 22.5. The van der Waals surface area contributed by atoms with Crippen LogP contribution in [0, 0.1) is 5.92 Å². The molecular formula is C64H82ClN11O10S. The van der Waals surface area contributed by atoms with E-state index in [2.05, 4.69) is 48.1 Å². The number of aryl methyl sites for hydroxylation is 1. The summed E-state index contributed by atoms with van der Waals surface area (Å²) in [6, 6.07) is 28.7. The molecule has 87 heavy (non-hydrogen) atoms. The molecular weight excluding hydrogens is 1150 g/mol. The summed E-state index contributed by atoms with van der Waals surface area (Å²) < 4.78 is 36.4. The molecule has 4 aliphatic rings. The molecule has 4 aromatic carbocycles. The zero-order valence-electron chi connectivity index (χ0n) is 50.2. The van der Waals surface area contributed by atoms with Gasteiger partial charge in [0.2, 0.25) is 17.7 Å². The number of hydrogen-bond donors (Lipinski definition) is 3. The number of halogens is 1. The monoisotopic (exact) mass is 1230 g/mol. The van der Waals surface area contributed by atoms with Crippen molar-refractivity contribution in [2.75, 3.05) is 124 Å². The molecule has 1 unspecified atom stereocenters. The van der Waals surface area contributed by atoms with E-state index in [4.69, 9.17) is 40.0 Å². The second kappa shape index (κ2) is 32.7. The molecule has 3 heterocycles. The zero-order chi connectivity index (χ0) is 60.8. The normalized spacial score (nSPS) is 16.6. The molecule has 10 rings (SSSR count). The van der Waals surface area contributed by atoms with Crippen molar-refractivity contribution in [2.45, 2.75) is 82.5 Å². The molecule has 1 aliphatic heterocycles. The van der Waals surface area contributed by atoms with Crippen molar-refractivity contribution in [3.8, 4) is 17.2 Å². The van der Waals surface area contributed by atoms with Crippen LogP contribution in [-0.2, 0) is 60.9 Å². The smallest absolute Gasteiger partial charge is 0.325 e. The minimum Gasteiger partial charge on any atom is -0.497 e. The maximum absolute atomic E-state index is 14.4. The van der Waals surface area contributed by atoms with E-state index in [9.17, 15) is 19.2 Å². The highest BCUT2D eigenvalue weighted by Crippen LogP contribution is 2.62. The number of likely N-dealkylation sites (N-methyl/N-ethyl adjacent to an activating group) is 2. The topological polar surface area (TPSA) is 216 Å². The van der Waals surface area contributed by atoms with Crippen molar-refractivity contribution < 1.29 is 47.6 Å². The zero-order valence-corrected chi connectivity index (χ0v) is 51.7. The minimum atomic E-state index is -0.771. The number of aromatic nitrogens is 4. The van der Waals surface area contributed by atoms with Crippen LogP contribution in [-0.4, -0.2) is 182 Å². The lowest BCUT2D eigenvalue weighted by atomic mass is 9.48. The molecule has 0 spiro atoms. The van der Waals surface area contributed by atoms with Gasteiger partial charge in [-0.2, -0.15) is 0 Å². The third-order valence-corrected chi connectivity index (χ3v) is 17.0. The molecule has 0 radical (unpaired) electrons. The Bertz CT molecular complexity index is 3090. The lowest BCUT2D eigenvalue weighted by molar-refractivity contribution is -0.185. The van der Waals surface area contributed by atoms with Gasteiger partial charge in [-0.15, -0.1) is 16.4 Å². The number of methoxy groups -OCH3 is 1. The largest absolute Gasteiger partial charge is 0.497 e. The first-order valence-electron chi connectivity index (χ1n) is 30.1. The number of rotatable bonds is 36. The SMILES string of the molecule is COc1ccc(C(C(=O)NCc2ccc(Cl)cc2)N(C(=O)CCc2ccc(OCCCCN(C)CCOCCOCCc3cn(CCOCCOc4ccc(NC(=O)Nc5nc(CC(=O)N6CCN(C)CC6)cs5)cc4)nn3)cc2)C23CC(C2)C3)cc1. The molecule has 2 aromatic heterocycles. The number of anilines is 2. The minimum absolute atomic E-state index is 0.0210. The van der Waals surface area contributed by atoms with Crippen LogP contribution in [0.4, 0.5) is 15.6 Å². The van der Waals surface area contributed by atoms with Crippen LogP contribution in [0.5, 0.6) is 17.2 Å². The van der Waals surface area contributed by atoms with Gasteiger partial charge in [0.25, 0.3) is 0 Å². The first-order chi connectivity index (χ1) is 42.4. The quantitative estimate of drug-likeness (QED) is 0.0316. The summed E-state index contributed by atoms with van der Waals surface area (Å²) in [7, 11) is 5.76. The predicted octanol–water partition coefficient (Wildman–Crippen LogP) is 8.19. The average Bonchev–Trinajstić information content (AvgIpc) is 1.02. The highest BCUT2D eigenvalue weighted by atomic mass is 35.5. The third kappa shape index (κ3) is 19.7. The van der Waals surface area contributed by atoms with Crippen LogP contribution in [0.15, 0.2) is 109 Å². The van der Waals surface area contributed by atoms with E-state index in [-0.39, 0.29) is 36.1 Å². The first-order valence-corrected chi connectivity index (χ1v) is 31.3. The molecule has 2 bridgehead atoms. The number of thiazole rings is 1. The van der Waals surface area contributed by atoms with Crippen molar-refractivity contribution in [3.05, 3.63) is 142 Å². The number of ether oxygens (including phenoxy) is 6. The molecule has 1 atom stereocenters. The van der Waals surface area contributed by atoms with E-state index in [0.29, 0.717) is 131 Å². The highest BCUT2D eigenvalue weighted by molar-refractivity contribution is 7.14. The Balaban J connectivity index is 0.565. The van der Waals surface area contributed by atoms with E-state index < -0.39 is 12.1 Å². The van der Waals surface area contributed by atoms with Crippen LogP contribution in [0.2, 0.25) is 5.02 Å². The number of benzene rings is 4. The van der Waals surface area contributed by atoms with Crippen LogP contribution < -0.4 is 30.2 Å². The number of carbonyl (C=O) groups excluding carboxylic acids is 4. The molecule has 1 saturated heterocycles. The van der Waals surface area contributed by atoms with E-state index >= 15 is 0 Å². The lowest BCUT2D eigenvalue weighted by Crippen LogP contribution is -2.71. The summed E-state index contributed by atoms with van der Waals surface area (Å²) >= 11 is 7.39. The van der Waals surface area contributed by atoms with Gasteiger partial charge in [-0.25, -0.2) is 14.5 Å². The van der Waals surface area contributed by atoms with E-state index in [1.807, 2.05) is 83.7 Å². The van der Waals surface area contributed by atoms with Crippen molar-refractivity contribution in [3.63, 3.8) is 0 Å². The van der Waals surface area contributed by atoms with E-state index in [1.54, 1.807) is 53.6 Å². The summed E-state index contributed by atoms with van der Waals surface area (Å²) in [5.74, 6) is 2.57. The van der Waals surface area contributed by atoms with Gasteiger partial charge in [0.1, 0.15) is 29.9 Å². The summed E-state index contributed by atoms with van der Waals surface area (Å²) in [5, 5.41) is 20.0. The van der Waals surface area contributed by atoms with Gasteiger partial charge in [0, 0.05) is 79.9 Å². The molecule has 4 fully saturated rings. The fraction of sp³-hybridized carbons (Fsp3) is 0.484. The van der Waals surface area contributed by atoms with Crippen LogP contribution in [0.3, 0.4) is 0 Å². The van der Waals surface area contributed by atoms with E-state index in [0.717, 1.165) is 86.4 Å². The fourth-order valence-electron chi connectivity index (χ4n) is 10.8. The molecule has 3 aliphatic carbocycles. The molecule has 3 N–H and O–H groups in total. The van der Waals surface area contributed by atoms with Crippen molar-refractivity contribution >= 4 is 57.5 Å². The summed E-state index contributed by atoms with van der Waals surface area (Å²) in [5.41, 5.74) is 4.50. The standard InChI is InChI=1S/C64H82ClN11O10S/c1-72(25-4-5-32-85-56-17-8-47(9-18-56)10-23-58(77)76(64-41-49(42-64)43-64)60(50-11-19-55(81-3)20-12-50)61(79)66-44-48-6-13-51(65)14-7-48)30-34-83-37-36-82-33-24-53-45-75(71-70-53)31-35-84-38-39-86-57-21-15-52(16-22-57)67-62(80)69-63-68-54(46-87-63)40-59(78)74-28-26-73(2)27-29-74/h6-9,11-22,45-46,49,60H,4-5,10,23-44H2,1-3H3,(H,66,79)(H2,67,68,69,80). The lowest BCUT2D eigenvalue weighted by Gasteiger charge is -2.67. The van der Waals surface area contributed by atoms with Gasteiger partial charge < -0.3 is 58.7 Å². The van der Waals surface area contributed by atoms with Crippen LogP contribution in [0.25, 0.3) is 0 Å². The molecule has 21 nitrogen and oxygen atoms in total. The number of carbonyl (C=O) groups is 4. The number of nitrogens with zero attached hydrogens (tertiary/aromatic N) is 8. The number of hydrogen-bond acceptors (Lipinski definition) is 16. The number of unbranched alkanes of at least 4 members (excludes halogenated alkanes) is 1. The first kappa shape index (κ1) is 64.3. The van der Waals surface area contributed by atoms with Crippen molar-refractivity contribution in [1.82, 2.24) is 44.9 Å². The summed E-state index contributed by atoms with van der Waals surface area (Å²) in [6.07, 6.45) is 8.28. The molecule has 6 aromatic rings.